The summed E-state index contributed by atoms with van der Waals surface area (Å²) >= 11 is 0. The molecule has 8 rings (SSSR count). The van der Waals surface area contributed by atoms with Crippen LogP contribution < -0.4 is 0 Å². The summed E-state index contributed by atoms with van der Waals surface area (Å²) in [7, 11) is 0. The number of rotatable bonds is 2. The fraction of sp³-hybridized carbons (Fsp3) is 0. The molecule has 0 spiro atoms. The van der Waals surface area contributed by atoms with Crippen LogP contribution in [0.15, 0.2) is 109 Å². The molecule has 0 aliphatic carbocycles. The van der Waals surface area contributed by atoms with Gasteiger partial charge in [-0.1, -0.05) is 60.7 Å². The van der Waals surface area contributed by atoms with E-state index in [2.05, 4.69) is 88.8 Å². The summed E-state index contributed by atoms with van der Waals surface area (Å²) in [5, 5.41) is 6.31. The Bertz CT molecular complexity index is 2050. The molecule has 0 N–H and O–H groups in total. The summed E-state index contributed by atoms with van der Waals surface area (Å²) in [4.78, 5) is 19.2. The third kappa shape index (κ3) is 3.27. The van der Waals surface area contributed by atoms with Crippen LogP contribution in [-0.2, 0) is 0 Å². The zero-order valence-corrected chi connectivity index (χ0v) is 20.2. The van der Waals surface area contributed by atoms with Gasteiger partial charge < -0.3 is 0 Å². The summed E-state index contributed by atoms with van der Waals surface area (Å²) in [6.07, 6.45) is 3.62. The maximum atomic E-state index is 5.04. The van der Waals surface area contributed by atoms with Crippen LogP contribution in [0.1, 0.15) is 0 Å². The monoisotopic (exact) mass is 482 g/mol. The summed E-state index contributed by atoms with van der Waals surface area (Å²) in [5.74, 6) is 0. The Labute approximate surface area is 218 Å². The Balaban J connectivity index is 1.26. The van der Waals surface area contributed by atoms with Crippen LogP contribution >= 0.6 is 0 Å². The minimum atomic E-state index is 0.840. The van der Waals surface area contributed by atoms with Gasteiger partial charge in [0.15, 0.2) is 0 Å². The lowest BCUT2D eigenvalue weighted by atomic mass is 10.00. The fourth-order valence-electron chi connectivity index (χ4n) is 5.18. The first-order valence-electron chi connectivity index (χ1n) is 12.5. The molecule has 0 bridgehead atoms. The second-order valence-corrected chi connectivity index (χ2v) is 9.43. The highest BCUT2D eigenvalue weighted by atomic mass is 14.8. The van der Waals surface area contributed by atoms with Crippen molar-refractivity contribution in [3.05, 3.63) is 122 Å². The summed E-state index contributed by atoms with van der Waals surface area (Å²) in [6, 6.07) is 39.8. The number of aromatic nitrogens is 4. The molecular formula is C34H18N4. The van der Waals surface area contributed by atoms with Crippen molar-refractivity contribution in [2.75, 3.05) is 0 Å². The van der Waals surface area contributed by atoms with Gasteiger partial charge in [-0.3, -0.25) is 9.97 Å². The molecule has 4 nitrogen and oxygen atoms in total. The Morgan fingerprint density at radius 2 is 1.00 bits per heavy atom. The Morgan fingerprint density at radius 3 is 1.79 bits per heavy atom. The highest BCUT2D eigenvalue weighted by Crippen LogP contribution is 2.31. The van der Waals surface area contributed by atoms with E-state index in [1.807, 2.05) is 36.5 Å². The van der Waals surface area contributed by atoms with Gasteiger partial charge in [0, 0.05) is 34.3 Å². The zero-order chi connectivity index (χ0) is 25.1. The first kappa shape index (κ1) is 20.8. The van der Waals surface area contributed by atoms with Crippen molar-refractivity contribution in [1.29, 1.82) is 0 Å². The molecule has 0 fully saturated rings. The SMILES string of the molecule is c1c2cccnc2c2nc(-c3ccc4ccc(-c5ccc6ccc7cccnc7c6n5)cc4c3)ccc2c#1. The lowest BCUT2D eigenvalue weighted by Crippen LogP contribution is -1.90. The van der Waals surface area contributed by atoms with E-state index in [0.29, 0.717) is 0 Å². The fourth-order valence-corrected chi connectivity index (χ4v) is 5.18. The van der Waals surface area contributed by atoms with E-state index in [4.69, 9.17) is 9.97 Å². The van der Waals surface area contributed by atoms with Crippen LogP contribution in [0.25, 0.3) is 76.9 Å². The van der Waals surface area contributed by atoms with Gasteiger partial charge in [-0.15, -0.1) is 0 Å². The van der Waals surface area contributed by atoms with Crippen molar-refractivity contribution in [2.24, 2.45) is 0 Å². The van der Waals surface area contributed by atoms with Gasteiger partial charge in [0.25, 0.3) is 0 Å². The molecular weight excluding hydrogens is 464 g/mol. The van der Waals surface area contributed by atoms with E-state index >= 15 is 0 Å². The van der Waals surface area contributed by atoms with Crippen LogP contribution in [0.2, 0.25) is 0 Å². The van der Waals surface area contributed by atoms with Crippen molar-refractivity contribution in [2.45, 2.75) is 0 Å². The molecule has 4 heterocycles. The number of hydrogen-bond donors (Lipinski definition) is 0. The van der Waals surface area contributed by atoms with E-state index in [0.717, 1.165) is 71.5 Å². The molecule has 0 atom stereocenters. The topological polar surface area (TPSA) is 51.6 Å². The zero-order valence-electron chi connectivity index (χ0n) is 20.2. The second kappa shape index (κ2) is 8.06. The van der Waals surface area contributed by atoms with Crippen LogP contribution in [0.4, 0.5) is 0 Å². The van der Waals surface area contributed by atoms with Crippen molar-refractivity contribution in [3.63, 3.8) is 0 Å². The van der Waals surface area contributed by atoms with Crippen LogP contribution in [0, 0.1) is 12.1 Å². The minimum Gasteiger partial charge on any atom is -0.254 e. The first-order chi connectivity index (χ1) is 18.8. The Hall–Kier alpha value is -5.40. The number of benzene rings is 3. The summed E-state index contributed by atoms with van der Waals surface area (Å²) in [5.41, 5.74) is 7.47. The largest absolute Gasteiger partial charge is 0.254 e. The van der Waals surface area contributed by atoms with Crippen LogP contribution in [0.3, 0.4) is 0 Å². The van der Waals surface area contributed by atoms with Crippen LogP contribution in [0.5, 0.6) is 0 Å². The Kier molecular flexibility index (Phi) is 4.40. The molecule has 4 aromatic carbocycles. The third-order valence-corrected chi connectivity index (χ3v) is 7.12. The van der Waals surface area contributed by atoms with Crippen LogP contribution in [-0.4, -0.2) is 19.9 Å². The second-order valence-electron chi connectivity index (χ2n) is 9.43. The minimum absolute atomic E-state index is 0.840. The molecule has 0 saturated carbocycles. The molecule has 0 amide bonds. The average Bonchev–Trinajstić information content (AvgIpc) is 3.00. The quantitative estimate of drug-likeness (QED) is 0.235. The number of pyridine rings is 4. The Morgan fingerprint density at radius 1 is 0.421 bits per heavy atom. The molecule has 0 aliphatic heterocycles. The molecule has 4 heteroatoms. The van der Waals surface area contributed by atoms with Gasteiger partial charge in [-0.25, -0.2) is 9.97 Å². The van der Waals surface area contributed by atoms with Gasteiger partial charge in [0.05, 0.1) is 33.2 Å². The van der Waals surface area contributed by atoms with E-state index < -0.39 is 0 Å². The van der Waals surface area contributed by atoms with Gasteiger partial charge in [-0.2, -0.15) is 0 Å². The normalized spacial score (nSPS) is 11.5. The predicted octanol–water partition coefficient (Wildman–Crippen LogP) is 7.97. The van der Waals surface area contributed by atoms with Crippen molar-refractivity contribution >= 4 is 54.4 Å². The first-order valence-corrected chi connectivity index (χ1v) is 12.5. The molecule has 0 saturated heterocycles. The lowest BCUT2D eigenvalue weighted by molar-refractivity contribution is 1.37. The van der Waals surface area contributed by atoms with Gasteiger partial charge in [0.2, 0.25) is 0 Å². The molecule has 4 aromatic heterocycles. The van der Waals surface area contributed by atoms with Crippen molar-refractivity contribution in [3.8, 4) is 22.5 Å². The molecule has 174 valence electrons. The molecule has 8 aromatic rings. The van der Waals surface area contributed by atoms with E-state index in [1.54, 1.807) is 6.20 Å². The maximum Gasteiger partial charge on any atom is 0.106 e. The van der Waals surface area contributed by atoms with Gasteiger partial charge in [-0.05, 0) is 59.3 Å². The number of fused-ring (bicyclic) bond motifs is 7. The molecule has 0 radical (unpaired) electrons. The van der Waals surface area contributed by atoms with Gasteiger partial charge in [0.1, 0.15) is 11.0 Å². The van der Waals surface area contributed by atoms with E-state index in [-0.39, 0.29) is 0 Å². The van der Waals surface area contributed by atoms with E-state index in [9.17, 15) is 0 Å². The lowest BCUT2D eigenvalue weighted by Gasteiger charge is -2.09. The smallest absolute Gasteiger partial charge is 0.106 e. The number of hydrogen-bond acceptors (Lipinski definition) is 4. The van der Waals surface area contributed by atoms with Gasteiger partial charge >= 0.3 is 0 Å². The highest BCUT2D eigenvalue weighted by Gasteiger charge is 2.09. The average molecular weight is 483 g/mol. The highest BCUT2D eigenvalue weighted by molar-refractivity contribution is 6.04. The maximum absolute atomic E-state index is 5.04. The van der Waals surface area contributed by atoms with Crippen molar-refractivity contribution in [1.82, 2.24) is 19.9 Å². The molecule has 0 aliphatic rings. The molecule has 0 unspecified atom stereocenters. The number of nitrogens with zero attached hydrogens (tertiary/aromatic N) is 4. The summed E-state index contributed by atoms with van der Waals surface area (Å²) in [6.45, 7) is 0. The molecule has 38 heavy (non-hydrogen) atoms. The standard InChI is InChI=1S/C34H18N4/c1-3-22-7-9-24-13-15-29(37-33(24)31(22)35-17-1)26-11-5-21-6-12-27(20-28(21)19-26)30-16-14-25-10-8-23-4-2-18-36-32(23)34(25)38-30/h1-7,9,11-20H. The predicted molar refractivity (Wildman–Crippen MR) is 154 cm³/mol. The third-order valence-electron chi connectivity index (χ3n) is 7.12. The summed E-state index contributed by atoms with van der Waals surface area (Å²) < 4.78 is 0. The van der Waals surface area contributed by atoms with Crippen molar-refractivity contribution < 1.29 is 0 Å². The van der Waals surface area contributed by atoms with E-state index in [1.165, 1.54) is 5.39 Å².